The fraction of sp³-hybridized carbons (Fsp3) is 0.150. The SMILES string of the molecule is CC(Cn1ccc2ccccc21)C(=O)ON1C(=O)c2ccccc2C1=O. The van der Waals surface area contributed by atoms with Gasteiger partial charge in [-0.05, 0) is 29.7 Å². The molecule has 1 aromatic heterocycles. The van der Waals surface area contributed by atoms with Gasteiger partial charge in [-0.15, -0.1) is 0 Å². The molecule has 4 rings (SSSR count). The van der Waals surface area contributed by atoms with Crippen LogP contribution < -0.4 is 0 Å². The van der Waals surface area contributed by atoms with E-state index in [4.69, 9.17) is 4.84 Å². The predicted octanol–water partition coefficient (Wildman–Crippen LogP) is 3.03. The molecule has 0 saturated heterocycles. The lowest BCUT2D eigenvalue weighted by Gasteiger charge is -2.17. The van der Waals surface area contributed by atoms with Crippen molar-refractivity contribution in [2.75, 3.05) is 0 Å². The van der Waals surface area contributed by atoms with E-state index in [-0.39, 0.29) is 11.1 Å². The molecular formula is C20H16N2O4. The first-order valence-electron chi connectivity index (χ1n) is 8.30. The van der Waals surface area contributed by atoms with Crippen LogP contribution in [0.5, 0.6) is 0 Å². The summed E-state index contributed by atoms with van der Waals surface area (Å²) in [6.45, 7) is 2.09. The molecule has 0 spiro atoms. The van der Waals surface area contributed by atoms with Crippen molar-refractivity contribution >= 4 is 28.7 Å². The van der Waals surface area contributed by atoms with Crippen LogP contribution in [0, 0.1) is 5.92 Å². The van der Waals surface area contributed by atoms with Gasteiger partial charge in [-0.25, -0.2) is 4.79 Å². The number of hydroxylamine groups is 2. The van der Waals surface area contributed by atoms with Crippen LogP contribution in [-0.2, 0) is 16.2 Å². The number of nitrogens with zero attached hydrogens (tertiary/aromatic N) is 2. The maximum atomic E-state index is 12.4. The number of aromatic nitrogens is 1. The number of fused-ring (bicyclic) bond motifs is 2. The van der Waals surface area contributed by atoms with Crippen LogP contribution in [0.15, 0.2) is 60.8 Å². The standard InChI is InChI=1S/C20H16N2O4/c1-13(12-21-11-10-14-6-2-5-9-17(14)21)20(25)26-22-18(23)15-7-3-4-8-16(15)19(22)24/h2-11,13H,12H2,1H3. The van der Waals surface area contributed by atoms with E-state index in [1.54, 1.807) is 31.2 Å². The summed E-state index contributed by atoms with van der Waals surface area (Å²) in [5.41, 5.74) is 1.50. The number of para-hydroxylation sites is 1. The molecule has 0 radical (unpaired) electrons. The zero-order chi connectivity index (χ0) is 18.3. The van der Waals surface area contributed by atoms with Gasteiger partial charge in [-0.2, -0.15) is 0 Å². The van der Waals surface area contributed by atoms with E-state index in [1.165, 1.54) is 0 Å². The van der Waals surface area contributed by atoms with Crippen LogP contribution in [0.3, 0.4) is 0 Å². The Morgan fingerprint density at radius 1 is 0.962 bits per heavy atom. The summed E-state index contributed by atoms with van der Waals surface area (Å²) in [7, 11) is 0. The zero-order valence-corrected chi connectivity index (χ0v) is 14.1. The zero-order valence-electron chi connectivity index (χ0n) is 14.1. The van der Waals surface area contributed by atoms with E-state index in [0.717, 1.165) is 10.9 Å². The maximum Gasteiger partial charge on any atom is 0.337 e. The van der Waals surface area contributed by atoms with E-state index in [0.29, 0.717) is 11.6 Å². The lowest BCUT2D eigenvalue weighted by Crippen LogP contribution is -2.35. The number of carbonyl (C=O) groups is 3. The third kappa shape index (κ3) is 2.56. The smallest absolute Gasteiger partial charge is 0.337 e. The van der Waals surface area contributed by atoms with Crippen molar-refractivity contribution in [1.82, 2.24) is 9.63 Å². The molecule has 0 saturated carbocycles. The summed E-state index contributed by atoms with van der Waals surface area (Å²) in [5.74, 6) is -2.39. The first-order valence-corrected chi connectivity index (χ1v) is 8.30. The molecular weight excluding hydrogens is 332 g/mol. The highest BCUT2D eigenvalue weighted by atomic mass is 16.7. The van der Waals surface area contributed by atoms with Crippen LogP contribution in [0.25, 0.3) is 10.9 Å². The fourth-order valence-corrected chi connectivity index (χ4v) is 3.10. The Morgan fingerprint density at radius 3 is 2.27 bits per heavy atom. The average Bonchev–Trinajstić information content (AvgIpc) is 3.17. The Balaban J connectivity index is 1.48. The summed E-state index contributed by atoms with van der Waals surface area (Å²) < 4.78 is 1.95. The number of amides is 2. The van der Waals surface area contributed by atoms with Crippen molar-refractivity contribution in [3.63, 3.8) is 0 Å². The van der Waals surface area contributed by atoms with Crippen molar-refractivity contribution < 1.29 is 19.2 Å². The first-order chi connectivity index (χ1) is 12.6. The Bertz CT molecular complexity index is 1000. The highest BCUT2D eigenvalue weighted by Crippen LogP contribution is 2.24. The minimum absolute atomic E-state index is 0.245. The maximum absolute atomic E-state index is 12.4. The predicted molar refractivity (Wildman–Crippen MR) is 94.1 cm³/mol. The summed E-state index contributed by atoms with van der Waals surface area (Å²) in [5, 5.41) is 1.63. The van der Waals surface area contributed by atoms with Gasteiger partial charge in [0.05, 0.1) is 17.0 Å². The number of rotatable bonds is 4. The summed E-state index contributed by atoms with van der Waals surface area (Å²) in [6, 6.07) is 16.2. The summed E-state index contributed by atoms with van der Waals surface area (Å²) in [4.78, 5) is 42.1. The summed E-state index contributed by atoms with van der Waals surface area (Å²) >= 11 is 0. The number of benzene rings is 2. The minimum Gasteiger partial charge on any atom is -0.347 e. The second kappa shape index (κ2) is 6.15. The van der Waals surface area contributed by atoms with Crippen LogP contribution in [-0.4, -0.2) is 27.4 Å². The molecule has 1 atom stereocenters. The van der Waals surface area contributed by atoms with E-state index in [2.05, 4.69) is 0 Å². The van der Waals surface area contributed by atoms with Crippen molar-refractivity contribution in [2.45, 2.75) is 13.5 Å². The van der Waals surface area contributed by atoms with Crippen molar-refractivity contribution in [2.24, 2.45) is 5.92 Å². The van der Waals surface area contributed by atoms with Gasteiger partial charge in [0.2, 0.25) is 0 Å². The van der Waals surface area contributed by atoms with Crippen molar-refractivity contribution in [1.29, 1.82) is 0 Å². The second-order valence-electron chi connectivity index (χ2n) is 6.29. The largest absolute Gasteiger partial charge is 0.347 e. The third-order valence-corrected chi connectivity index (χ3v) is 4.49. The van der Waals surface area contributed by atoms with Crippen LogP contribution in [0.4, 0.5) is 0 Å². The summed E-state index contributed by atoms with van der Waals surface area (Å²) in [6.07, 6.45) is 1.90. The normalized spacial score (nSPS) is 14.6. The molecule has 26 heavy (non-hydrogen) atoms. The van der Waals surface area contributed by atoms with Crippen LogP contribution >= 0.6 is 0 Å². The Morgan fingerprint density at radius 2 is 1.58 bits per heavy atom. The monoisotopic (exact) mass is 348 g/mol. The number of hydrogen-bond acceptors (Lipinski definition) is 4. The Kier molecular flexibility index (Phi) is 3.80. The molecule has 6 nitrogen and oxygen atoms in total. The minimum atomic E-state index is -0.628. The van der Waals surface area contributed by atoms with Crippen LogP contribution in [0.2, 0.25) is 0 Å². The van der Waals surface area contributed by atoms with E-state index in [1.807, 2.05) is 41.1 Å². The van der Waals surface area contributed by atoms with Gasteiger partial charge in [-0.1, -0.05) is 42.3 Å². The topological polar surface area (TPSA) is 68.6 Å². The molecule has 1 unspecified atom stereocenters. The molecule has 0 N–H and O–H groups in total. The highest BCUT2D eigenvalue weighted by molar-refractivity contribution is 6.20. The van der Waals surface area contributed by atoms with Gasteiger partial charge >= 0.3 is 5.97 Å². The van der Waals surface area contributed by atoms with E-state index < -0.39 is 23.7 Å². The quantitative estimate of drug-likeness (QED) is 0.680. The van der Waals surface area contributed by atoms with E-state index >= 15 is 0 Å². The van der Waals surface area contributed by atoms with Gasteiger partial charge in [0.1, 0.15) is 0 Å². The molecule has 2 aromatic carbocycles. The lowest BCUT2D eigenvalue weighted by molar-refractivity contribution is -0.173. The number of carbonyl (C=O) groups excluding carboxylic acids is 3. The van der Waals surface area contributed by atoms with Gasteiger partial charge in [-0.3, -0.25) is 9.59 Å². The molecule has 1 aliphatic heterocycles. The molecule has 2 heterocycles. The first kappa shape index (κ1) is 16.1. The van der Waals surface area contributed by atoms with Gasteiger partial charge in [0, 0.05) is 18.3 Å². The van der Waals surface area contributed by atoms with Crippen molar-refractivity contribution in [3.05, 3.63) is 71.9 Å². The molecule has 0 fully saturated rings. The number of hydrogen-bond donors (Lipinski definition) is 0. The molecule has 0 aliphatic carbocycles. The molecule has 130 valence electrons. The third-order valence-electron chi connectivity index (χ3n) is 4.49. The fourth-order valence-electron chi connectivity index (χ4n) is 3.10. The molecule has 6 heteroatoms. The Hall–Kier alpha value is -3.41. The Labute approximate surface area is 149 Å². The molecule has 1 aliphatic rings. The van der Waals surface area contributed by atoms with Gasteiger partial charge < -0.3 is 9.40 Å². The highest BCUT2D eigenvalue weighted by Gasteiger charge is 2.39. The van der Waals surface area contributed by atoms with Gasteiger partial charge in [0.15, 0.2) is 0 Å². The molecule has 0 bridgehead atoms. The molecule has 2 amide bonds. The van der Waals surface area contributed by atoms with Gasteiger partial charge in [0.25, 0.3) is 11.8 Å². The van der Waals surface area contributed by atoms with Crippen molar-refractivity contribution in [3.8, 4) is 0 Å². The average molecular weight is 348 g/mol. The van der Waals surface area contributed by atoms with Crippen LogP contribution in [0.1, 0.15) is 27.6 Å². The number of imide groups is 1. The van der Waals surface area contributed by atoms with E-state index in [9.17, 15) is 14.4 Å². The molecule has 3 aromatic rings. The second-order valence-corrected chi connectivity index (χ2v) is 6.29. The lowest BCUT2D eigenvalue weighted by atomic mass is 10.1.